The van der Waals surface area contributed by atoms with Gasteiger partial charge in [-0.05, 0) is 76.0 Å². The molecule has 0 aromatic carbocycles. The molecule has 0 saturated carbocycles. The summed E-state index contributed by atoms with van der Waals surface area (Å²) in [5, 5.41) is 12.7. The van der Waals surface area contributed by atoms with Gasteiger partial charge in [-0.3, -0.25) is 14.3 Å². The molecule has 7 rings (SSSR count). The van der Waals surface area contributed by atoms with Crippen LogP contribution in [0.25, 0.3) is 27.7 Å². The van der Waals surface area contributed by atoms with Gasteiger partial charge in [0.25, 0.3) is 11.8 Å². The van der Waals surface area contributed by atoms with Gasteiger partial charge in [0, 0.05) is 48.8 Å². The van der Waals surface area contributed by atoms with E-state index in [9.17, 15) is 9.59 Å². The van der Waals surface area contributed by atoms with Crippen molar-refractivity contribution in [2.75, 3.05) is 38.5 Å². The van der Waals surface area contributed by atoms with Crippen molar-refractivity contribution in [3.8, 4) is 11.1 Å². The van der Waals surface area contributed by atoms with Gasteiger partial charge in [-0.25, -0.2) is 9.50 Å². The second-order valence-corrected chi connectivity index (χ2v) is 11.2. The Morgan fingerprint density at radius 2 is 1.83 bits per heavy atom. The molecule has 0 bridgehead atoms. The van der Waals surface area contributed by atoms with Crippen molar-refractivity contribution in [3.05, 3.63) is 66.5 Å². The minimum atomic E-state index is -0.241. The van der Waals surface area contributed by atoms with E-state index in [4.69, 9.17) is 0 Å². The summed E-state index contributed by atoms with van der Waals surface area (Å²) in [6, 6.07) is 6.14. The molecule has 210 valence electrons. The summed E-state index contributed by atoms with van der Waals surface area (Å²) in [6.07, 6.45) is 15.9. The molecule has 0 spiro atoms. The molecule has 2 aliphatic rings. The Morgan fingerprint density at radius 1 is 1.00 bits per heavy atom. The van der Waals surface area contributed by atoms with Gasteiger partial charge in [0.2, 0.25) is 0 Å². The summed E-state index contributed by atoms with van der Waals surface area (Å²) in [6.45, 7) is 3.66. The van der Waals surface area contributed by atoms with E-state index in [0.29, 0.717) is 28.5 Å². The first-order valence-corrected chi connectivity index (χ1v) is 14.3. The van der Waals surface area contributed by atoms with Gasteiger partial charge < -0.3 is 20.1 Å². The fourth-order valence-corrected chi connectivity index (χ4v) is 6.01. The normalized spacial score (nSPS) is 17.0. The number of carbonyl (C=O) groups excluding carboxylic acids is 2. The van der Waals surface area contributed by atoms with Crippen molar-refractivity contribution in [2.24, 2.45) is 0 Å². The summed E-state index contributed by atoms with van der Waals surface area (Å²) >= 11 is 0. The minimum Gasteiger partial charge on any atom is -0.346 e. The molecule has 7 heterocycles. The average Bonchev–Trinajstić information content (AvgIpc) is 3.75. The smallest absolute Gasteiger partial charge is 0.257 e. The molecular weight excluding hydrogens is 518 g/mol. The van der Waals surface area contributed by atoms with Gasteiger partial charge in [0.05, 0.1) is 40.8 Å². The molecule has 41 heavy (non-hydrogen) atoms. The largest absolute Gasteiger partial charge is 0.346 e. The number of anilines is 1. The van der Waals surface area contributed by atoms with Crippen LogP contribution in [0.2, 0.25) is 0 Å². The average molecular weight is 552 g/mol. The predicted octanol–water partition coefficient (Wildman–Crippen LogP) is 4.22. The number of piperidine rings is 2. The lowest BCUT2D eigenvalue weighted by atomic mass is 10.0. The number of nitrogens with zero attached hydrogens (tertiary/aromatic N) is 7. The number of amides is 2. The fraction of sp³-hybridized carbons (Fsp3) is 0.367. The zero-order chi connectivity index (χ0) is 27.9. The highest BCUT2D eigenvalue weighted by Crippen LogP contribution is 2.30. The highest BCUT2D eigenvalue weighted by atomic mass is 16.2. The molecular formula is C30H33N9O2. The van der Waals surface area contributed by atoms with E-state index >= 15 is 0 Å². The van der Waals surface area contributed by atoms with Crippen LogP contribution in [-0.4, -0.2) is 84.2 Å². The van der Waals surface area contributed by atoms with Gasteiger partial charge in [0.1, 0.15) is 5.65 Å². The lowest BCUT2D eigenvalue weighted by molar-refractivity contribution is 0.0726. The van der Waals surface area contributed by atoms with Crippen LogP contribution < -0.4 is 5.32 Å². The third-order valence-corrected chi connectivity index (χ3v) is 8.42. The van der Waals surface area contributed by atoms with E-state index in [0.717, 1.165) is 73.9 Å². The Balaban J connectivity index is 1.14. The van der Waals surface area contributed by atoms with Crippen LogP contribution in [0.4, 0.5) is 5.69 Å². The maximum absolute atomic E-state index is 13.3. The van der Waals surface area contributed by atoms with E-state index in [2.05, 4.69) is 37.4 Å². The number of nitrogens with one attached hydrogen (secondary N) is 2. The molecule has 2 fully saturated rings. The van der Waals surface area contributed by atoms with E-state index in [1.165, 1.54) is 6.42 Å². The van der Waals surface area contributed by atoms with Gasteiger partial charge in [-0.2, -0.15) is 10.2 Å². The first-order chi connectivity index (χ1) is 20.0. The van der Waals surface area contributed by atoms with E-state index in [1.54, 1.807) is 23.1 Å². The SMILES string of the molecule is CN1CCC(n2cc(NC(=O)c3cnc4[nH]cc(-c5ccn6ncc(C(=O)N7CCCCC7)c6c5)c4c3)cn2)CC1. The molecule has 0 radical (unpaired) electrons. The number of fused-ring (bicyclic) bond motifs is 2. The first kappa shape index (κ1) is 25.5. The number of aromatic amines is 1. The van der Waals surface area contributed by atoms with Gasteiger partial charge in [0.15, 0.2) is 0 Å². The number of H-pyrrole nitrogens is 1. The third kappa shape index (κ3) is 4.86. The van der Waals surface area contributed by atoms with E-state index in [-0.39, 0.29) is 11.8 Å². The van der Waals surface area contributed by atoms with Crippen LogP contribution in [0.3, 0.4) is 0 Å². The number of aromatic nitrogens is 6. The lowest BCUT2D eigenvalue weighted by Gasteiger charge is -2.28. The minimum absolute atomic E-state index is 0.0237. The molecule has 2 amide bonds. The molecule has 5 aromatic rings. The summed E-state index contributed by atoms with van der Waals surface area (Å²) in [5.41, 5.74) is 4.98. The predicted molar refractivity (Wildman–Crippen MR) is 156 cm³/mol. The Kier molecular flexibility index (Phi) is 6.50. The van der Waals surface area contributed by atoms with Crippen molar-refractivity contribution in [1.29, 1.82) is 0 Å². The number of rotatable bonds is 5. The molecule has 11 heteroatoms. The van der Waals surface area contributed by atoms with Crippen molar-refractivity contribution >= 4 is 34.1 Å². The zero-order valence-corrected chi connectivity index (χ0v) is 23.1. The summed E-state index contributed by atoms with van der Waals surface area (Å²) < 4.78 is 3.70. The van der Waals surface area contributed by atoms with Gasteiger partial charge in [-0.15, -0.1) is 0 Å². The Labute approximate surface area is 237 Å². The highest BCUT2D eigenvalue weighted by Gasteiger charge is 2.23. The number of likely N-dealkylation sites (tertiary alicyclic amines) is 2. The summed E-state index contributed by atoms with van der Waals surface area (Å²) in [7, 11) is 2.14. The molecule has 2 saturated heterocycles. The number of pyridine rings is 2. The topological polar surface area (TPSA) is 116 Å². The highest BCUT2D eigenvalue weighted by molar-refractivity contribution is 6.07. The van der Waals surface area contributed by atoms with Crippen molar-refractivity contribution < 1.29 is 9.59 Å². The third-order valence-electron chi connectivity index (χ3n) is 8.42. The van der Waals surface area contributed by atoms with Gasteiger partial charge >= 0.3 is 0 Å². The molecule has 0 aliphatic carbocycles. The van der Waals surface area contributed by atoms with Crippen LogP contribution in [0, 0.1) is 0 Å². The van der Waals surface area contributed by atoms with Crippen LogP contribution >= 0.6 is 0 Å². The molecule has 2 aliphatic heterocycles. The zero-order valence-electron chi connectivity index (χ0n) is 23.1. The second-order valence-electron chi connectivity index (χ2n) is 11.2. The van der Waals surface area contributed by atoms with Crippen LogP contribution in [0.15, 0.2) is 55.4 Å². The van der Waals surface area contributed by atoms with Crippen molar-refractivity contribution in [2.45, 2.75) is 38.1 Å². The van der Waals surface area contributed by atoms with Crippen LogP contribution in [0.5, 0.6) is 0 Å². The Bertz CT molecular complexity index is 1740. The second kappa shape index (κ2) is 10.5. The van der Waals surface area contributed by atoms with Crippen LogP contribution in [0.1, 0.15) is 58.9 Å². The summed E-state index contributed by atoms with van der Waals surface area (Å²) in [5.74, 6) is -0.217. The molecule has 0 atom stereocenters. The molecule has 5 aromatic heterocycles. The molecule has 2 N–H and O–H groups in total. The fourth-order valence-electron chi connectivity index (χ4n) is 6.01. The van der Waals surface area contributed by atoms with E-state index < -0.39 is 0 Å². The van der Waals surface area contributed by atoms with Crippen LogP contribution in [-0.2, 0) is 0 Å². The number of carbonyl (C=O) groups is 2. The summed E-state index contributed by atoms with van der Waals surface area (Å²) in [4.78, 5) is 38.4. The van der Waals surface area contributed by atoms with Gasteiger partial charge in [-0.1, -0.05) is 0 Å². The molecule has 11 nitrogen and oxygen atoms in total. The standard InChI is InChI=1S/C30H33N9O2/c1-36-10-6-23(7-11-36)39-19-22(16-33-39)35-29(40)21-13-24-25(17-32-28(24)31-15-21)20-5-12-38-27(14-20)26(18-34-38)30(41)37-8-3-2-4-9-37/h5,12-19,23H,2-4,6-11H2,1H3,(H,31,32)(H,35,40). The Hall–Kier alpha value is -4.51. The number of hydrogen-bond acceptors (Lipinski definition) is 6. The van der Waals surface area contributed by atoms with E-state index in [1.807, 2.05) is 46.4 Å². The van der Waals surface area contributed by atoms with Crippen molar-refractivity contribution in [1.82, 2.24) is 39.2 Å². The lowest BCUT2D eigenvalue weighted by Crippen LogP contribution is -2.35. The first-order valence-electron chi connectivity index (χ1n) is 14.3. The van der Waals surface area contributed by atoms with Crippen molar-refractivity contribution in [3.63, 3.8) is 0 Å². The number of hydrogen-bond donors (Lipinski definition) is 2. The maximum atomic E-state index is 13.3. The Morgan fingerprint density at radius 3 is 2.66 bits per heavy atom. The monoisotopic (exact) mass is 551 g/mol. The maximum Gasteiger partial charge on any atom is 0.257 e. The quantitative estimate of drug-likeness (QED) is 0.338. The molecule has 0 unspecified atom stereocenters.